The third kappa shape index (κ3) is 5.65. The lowest BCUT2D eigenvalue weighted by molar-refractivity contribution is 0.0187. The monoisotopic (exact) mass is 354 g/mol. The maximum Gasteiger partial charge on any atom is 0.409 e. The molecule has 0 saturated carbocycles. The number of hydrogen-bond acceptors (Lipinski definition) is 4. The number of nitrogens with zero attached hydrogens (tertiary/aromatic N) is 2. The zero-order valence-corrected chi connectivity index (χ0v) is 14.9. The largest absolute Gasteiger partial charge is 0.449 e. The highest BCUT2D eigenvalue weighted by molar-refractivity contribution is 5.85. The predicted octanol–water partition coefficient (Wildman–Crippen LogP) is 2.79. The number of piperidine rings is 1. The van der Waals surface area contributed by atoms with Crippen molar-refractivity contribution < 1.29 is 14.3 Å². The second kappa shape index (κ2) is 9.87. The van der Waals surface area contributed by atoms with Crippen molar-refractivity contribution >= 4 is 18.5 Å². The maximum atomic E-state index is 12.0. The molecule has 134 valence electrons. The van der Waals surface area contributed by atoms with Crippen molar-refractivity contribution in [2.24, 2.45) is 5.92 Å². The van der Waals surface area contributed by atoms with Gasteiger partial charge in [-0.15, -0.1) is 12.4 Å². The van der Waals surface area contributed by atoms with Crippen LogP contribution in [0.2, 0.25) is 0 Å². The molecule has 0 aromatic heterocycles. The van der Waals surface area contributed by atoms with Crippen LogP contribution >= 0.6 is 12.4 Å². The highest BCUT2D eigenvalue weighted by Crippen LogP contribution is 2.19. The summed E-state index contributed by atoms with van der Waals surface area (Å²) in [5.41, 5.74) is 1.37. The summed E-state index contributed by atoms with van der Waals surface area (Å²) in [7, 11) is 0. The summed E-state index contributed by atoms with van der Waals surface area (Å²) < 4.78 is 10.7. The third-order valence-electron chi connectivity index (χ3n) is 4.67. The van der Waals surface area contributed by atoms with Gasteiger partial charge in [0.15, 0.2) is 0 Å². The lowest BCUT2D eigenvalue weighted by Gasteiger charge is -2.32. The van der Waals surface area contributed by atoms with Crippen molar-refractivity contribution in [1.29, 1.82) is 0 Å². The van der Waals surface area contributed by atoms with E-state index < -0.39 is 0 Å². The quantitative estimate of drug-likeness (QED) is 0.833. The summed E-state index contributed by atoms with van der Waals surface area (Å²) >= 11 is 0. The van der Waals surface area contributed by atoms with Crippen molar-refractivity contribution in [1.82, 2.24) is 9.80 Å². The number of benzene rings is 1. The number of morpholine rings is 1. The first kappa shape index (κ1) is 19.0. The molecular weight excluding hydrogens is 328 g/mol. The minimum Gasteiger partial charge on any atom is -0.449 e. The van der Waals surface area contributed by atoms with Crippen LogP contribution in [0.3, 0.4) is 0 Å². The van der Waals surface area contributed by atoms with E-state index in [1.165, 1.54) is 5.56 Å². The second-order valence-corrected chi connectivity index (χ2v) is 6.38. The average Bonchev–Trinajstić information content (AvgIpc) is 2.62. The molecule has 0 spiro atoms. The highest BCUT2D eigenvalue weighted by Gasteiger charge is 2.23. The number of halogens is 1. The maximum absolute atomic E-state index is 12.0. The molecule has 6 heteroatoms. The summed E-state index contributed by atoms with van der Waals surface area (Å²) in [6.45, 7) is 6.25. The molecule has 1 amide bonds. The second-order valence-electron chi connectivity index (χ2n) is 6.38. The number of amides is 1. The van der Waals surface area contributed by atoms with Gasteiger partial charge in [-0.3, -0.25) is 4.90 Å². The number of hydrogen-bond donors (Lipinski definition) is 0. The van der Waals surface area contributed by atoms with Gasteiger partial charge >= 0.3 is 6.09 Å². The van der Waals surface area contributed by atoms with E-state index in [0.717, 1.165) is 32.5 Å². The number of carbonyl (C=O) groups excluding carboxylic acids is 1. The van der Waals surface area contributed by atoms with Crippen LogP contribution in [-0.4, -0.2) is 61.9 Å². The van der Waals surface area contributed by atoms with Gasteiger partial charge in [0, 0.05) is 19.6 Å². The first-order valence-electron chi connectivity index (χ1n) is 8.57. The van der Waals surface area contributed by atoms with Crippen LogP contribution in [0.25, 0.3) is 0 Å². The Kier molecular flexibility index (Phi) is 7.82. The van der Waals surface area contributed by atoms with Crippen LogP contribution in [0.5, 0.6) is 0 Å². The van der Waals surface area contributed by atoms with Crippen LogP contribution in [0, 0.1) is 5.92 Å². The molecule has 1 aromatic carbocycles. The van der Waals surface area contributed by atoms with Crippen LogP contribution in [0.4, 0.5) is 4.79 Å². The lowest BCUT2D eigenvalue weighted by Crippen LogP contribution is -2.42. The Labute approximate surface area is 150 Å². The Morgan fingerprint density at radius 1 is 1.08 bits per heavy atom. The van der Waals surface area contributed by atoms with Gasteiger partial charge in [0.2, 0.25) is 0 Å². The fourth-order valence-corrected chi connectivity index (χ4v) is 3.18. The van der Waals surface area contributed by atoms with E-state index in [4.69, 9.17) is 9.47 Å². The van der Waals surface area contributed by atoms with E-state index in [-0.39, 0.29) is 18.5 Å². The normalized spacial score (nSPS) is 19.6. The van der Waals surface area contributed by atoms with E-state index in [1.54, 1.807) is 4.90 Å². The molecule has 2 heterocycles. The molecule has 0 unspecified atom stereocenters. The number of ether oxygens (including phenoxy) is 2. The average molecular weight is 355 g/mol. The number of rotatable bonds is 4. The first-order chi connectivity index (χ1) is 11.3. The predicted molar refractivity (Wildman–Crippen MR) is 95.4 cm³/mol. The lowest BCUT2D eigenvalue weighted by atomic mass is 9.97. The molecule has 0 radical (unpaired) electrons. The standard InChI is InChI=1S/C18H26N2O3.ClH/c21-18(20-10-12-22-13-11-20)23-15-17-6-8-19(9-7-17)14-16-4-2-1-3-5-16;/h1-5,17H,6-15H2;1H. The van der Waals surface area contributed by atoms with E-state index in [2.05, 4.69) is 35.2 Å². The molecule has 0 aliphatic carbocycles. The molecule has 2 aliphatic rings. The Morgan fingerprint density at radius 2 is 1.75 bits per heavy atom. The van der Waals surface area contributed by atoms with Gasteiger partial charge < -0.3 is 14.4 Å². The molecule has 3 rings (SSSR count). The molecule has 24 heavy (non-hydrogen) atoms. The van der Waals surface area contributed by atoms with Gasteiger partial charge in [-0.1, -0.05) is 30.3 Å². The fourth-order valence-electron chi connectivity index (χ4n) is 3.18. The van der Waals surface area contributed by atoms with Crippen molar-refractivity contribution in [2.75, 3.05) is 46.0 Å². The summed E-state index contributed by atoms with van der Waals surface area (Å²) in [5.74, 6) is 0.493. The Balaban J connectivity index is 0.00000208. The highest BCUT2D eigenvalue weighted by atomic mass is 35.5. The third-order valence-corrected chi connectivity index (χ3v) is 4.67. The van der Waals surface area contributed by atoms with Gasteiger partial charge in [-0.2, -0.15) is 0 Å². The van der Waals surface area contributed by atoms with E-state index in [9.17, 15) is 4.79 Å². The van der Waals surface area contributed by atoms with E-state index in [0.29, 0.717) is 38.8 Å². The molecule has 5 nitrogen and oxygen atoms in total. The smallest absolute Gasteiger partial charge is 0.409 e. The molecule has 0 bridgehead atoms. The van der Waals surface area contributed by atoms with Gasteiger partial charge in [0.05, 0.1) is 19.8 Å². The number of likely N-dealkylation sites (tertiary alicyclic amines) is 1. The molecule has 2 aliphatic heterocycles. The van der Waals surface area contributed by atoms with Crippen molar-refractivity contribution in [2.45, 2.75) is 19.4 Å². The molecule has 0 N–H and O–H groups in total. The summed E-state index contributed by atoms with van der Waals surface area (Å²) in [4.78, 5) is 16.2. The van der Waals surface area contributed by atoms with Crippen LogP contribution in [-0.2, 0) is 16.0 Å². The minimum absolute atomic E-state index is 0. The topological polar surface area (TPSA) is 42.0 Å². The molecule has 0 atom stereocenters. The Bertz CT molecular complexity index is 486. The SMILES string of the molecule is Cl.O=C(OCC1CCN(Cc2ccccc2)CC1)N1CCOCC1. The van der Waals surface area contributed by atoms with E-state index in [1.807, 2.05) is 0 Å². The molecule has 2 fully saturated rings. The van der Waals surface area contributed by atoms with Crippen molar-refractivity contribution in [3.05, 3.63) is 35.9 Å². The summed E-state index contributed by atoms with van der Waals surface area (Å²) in [5, 5.41) is 0. The van der Waals surface area contributed by atoms with E-state index >= 15 is 0 Å². The zero-order valence-electron chi connectivity index (χ0n) is 14.1. The number of carbonyl (C=O) groups is 1. The Hall–Kier alpha value is -1.30. The van der Waals surface area contributed by atoms with Gasteiger partial charge in [-0.25, -0.2) is 4.79 Å². The molecular formula is C18H27ClN2O3. The van der Waals surface area contributed by atoms with Crippen LogP contribution < -0.4 is 0 Å². The molecule has 2 saturated heterocycles. The zero-order chi connectivity index (χ0) is 15.9. The van der Waals surface area contributed by atoms with Crippen molar-refractivity contribution in [3.63, 3.8) is 0 Å². The fraction of sp³-hybridized carbons (Fsp3) is 0.611. The summed E-state index contributed by atoms with van der Waals surface area (Å²) in [6.07, 6.45) is 2.02. The van der Waals surface area contributed by atoms with Crippen LogP contribution in [0.1, 0.15) is 18.4 Å². The summed E-state index contributed by atoms with van der Waals surface area (Å²) in [6, 6.07) is 10.6. The van der Waals surface area contributed by atoms with Gasteiger partial charge in [0.25, 0.3) is 0 Å². The first-order valence-corrected chi connectivity index (χ1v) is 8.57. The van der Waals surface area contributed by atoms with Gasteiger partial charge in [-0.05, 0) is 37.4 Å². The van der Waals surface area contributed by atoms with Crippen LogP contribution in [0.15, 0.2) is 30.3 Å². The Morgan fingerprint density at radius 3 is 2.42 bits per heavy atom. The van der Waals surface area contributed by atoms with Gasteiger partial charge in [0.1, 0.15) is 0 Å². The minimum atomic E-state index is -0.181. The molecule has 1 aromatic rings. The van der Waals surface area contributed by atoms with Crippen molar-refractivity contribution in [3.8, 4) is 0 Å².